The molecule has 4 unspecified atom stereocenters. The summed E-state index contributed by atoms with van der Waals surface area (Å²) in [5, 5.41) is 16.8. The van der Waals surface area contributed by atoms with Gasteiger partial charge in [0.2, 0.25) is 11.8 Å². The smallest absolute Gasteiger partial charge is 0.309 e. The van der Waals surface area contributed by atoms with Gasteiger partial charge in [-0.05, 0) is 54.9 Å². The molecule has 4 N–H and O–H groups in total. The zero-order valence-corrected chi connectivity index (χ0v) is 26.8. The van der Waals surface area contributed by atoms with Crippen molar-refractivity contribution in [1.29, 1.82) is 0 Å². The van der Waals surface area contributed by atoms with Gasteiger partial charge in [0.05, 0.1) is 30.5 Å². The summed E-state index contributed by atoms with van der Waals surface area (Å²) >= 11 is 0. The highest BCUT2D eigenvalue weighted by molar-refractivity contribution is 5.87. The molecule has 4 atom stereocenters. The van der Waals surface area contributed by atoms with E-state index in [2.05, 4.69) is 28.8 Å². The van der Waals surface area contributed by atoms with Crippen LogP contribution in [-0.2, 0) is 38.4 Å². The minimum absolute atomic E-state index is 0.0385. The van der Waals surface area contributed by atoms with Crippen molar-refractivity contribution in [3.8, 4) is 0 Å². The lowest BCUT2D eigenvalue weighted by Crippen LogP contribution is -2.45. The summed E-state index contributed by atoms with van der Waals surface area (Å²) in [6, 6.07) is 26.2. The van der Waals surface area contributed by atoms with Gasteiger partial charge in [-0.1, -0.05) is 91.0 Å². The summed E-state index contributed by atoms with van der Waals surface area (Å²) in [6.45, 7) is 7.35. The Hall–Kier alpha value is -4.95. The predicted molar refractivity (Wildman–Crippen MR) is 185 cm³/mol. The van der Waals surface area contributed by atoms with Crippen molar-refractivity contribution >= 4 is 28.7 Å². The molecule has 0 fully saturated rings. The second-order valence-corrected chi connectivity index (χ2v) is 11.9. The Morgan fingerprint density at radius 3 is 2.04 bits per heavy atom. The number of rotatable bonds is 19. The lowest BCUT2D eigenvalue weighted by molar-refractivity contribution is -0.149. The molecular weight excluding hydrogens is 590 g/mol. The van der Waals surface area contributed by atoms with Gasteiger partial charge in [-0.15, -0.1) is 13.2 Å². The second-order valence-electron chi connectivity index (χ2n) is 11.9. The van der Waals surface area contributed by atoms with Gasteiger partial charge in [0.25, 0.3) is 0 Å². The molecular formula is C39H45N3O5. The maximum absolute atomic E-state index is 13.7. The normalized spacial score (nSPS) is 13.6. The molecule has 8 nitrogen and oxygen atoms in total. The van der Waals surface area contributed by atoms with Gasteiger partial charge in [-0.3, -0.25) is 14.4 Å². The van der Waals surface area contributed by atoms with Gasteiger partial charge >= 0.3 is 5.97 Å². The molecule has 0 saturated carbocycles. The monoisotopic (exact) mass is 635 g/mol. The highest BCUT2D eigenvalue weighted by Crippen LogP contribution is 2.21. The summed E-state index contributed by atoms with van der Waals surface area (Å²) < 4.78 is 5.86. The van der Waals surface area contributed by atoms with E-state index < -0.39 is 23.9 Å². The predicted octanol–water partition coefficient (Wildman–Crippen LogP) is 5.48. The fourth-order valence-electron chi connectivity index (χ4n) is 5.75. The standard InChI is InChI=1S/C39H45N3O5/c1-3-13-30(24-37(44)41-33(26-43)22-29-17-9-6-10-18-29)38(45)42-34(23-32-25-40-36-20-12-11-19-35(32)36)27-47-39(46)31(14-4-2)21-28-15-7-5-8-16-28/h3-12,15-20,25,30-31,33-34,40,43H,1-2,13-14,21-24,26-27H2,(H,41,44)(H,42,45). The number of carbonyl (C=O) groups excluding carboxylic acids is 3. The Morgan fingerprint density at radius 2 is 1.38 bits per heavy atom. The average molecular weight is 636 g/mol. The Morgan fingerprint density at radius 1 is 0.766 bits per heavy atom. The third-order valence-electron chi connectivity index (χ3n) is 8.19. The number of H-pyrrole nitrogens is 1. The van der Waals surface area contributed by atoms with Crippen LogP contribution in [0.15, 0.2) is 116 Å². The number of ether oxygens (including phenoxy) is 1. The SMILES string of the molecule is C=CCC(CC(=O)NC(CO)Cc1ccccc1)C(=O)NC(COC(=O)C(CC=C)Cc1ccccc1)Cc1c[nH]c2ccccc12. The molecule has 8 heteroatoms. The highest BCUT2D eigenvalue weighted by Gasteiger charge is 2.27. The first-order chi connectivity index (χ1) is 22.9. The van der Waals surface area contributed by atoms with Crippen LogP contribution in [0.2, 0.25) is 0 Å². The first-order valence-electron chi connectivity index (χ1n) is 16.1. The number of aliphatic hydroxyl groups excluding tert-OH is 1. The number of hydrogen-bond donors (Lipinski definition) is 4. The van der Waals surface area contributed by atoms with E-state index >= 15 is 0 Å². The number of para-hydroxylation sites is 1. The van der Waals surface area contributed by atoms with E-state index in [1.165, 1.54) is 0 Å². The van der Waals surface area contributed by atoms with Gasteiger partial charge in [-0.25, -0.2) is 0 Å². The van der Waals surface area contributed by atoms with Crippen LogP contribution in [0.5, 0.6) is 0 Å². The van der Waals surface area contributed by atoms with E-state index in [1.54, 1.807) is 12.2 Å². The van der Waals surface area contributed by atoms with Crippen LogP contribution in [-0.4, -0.2) is 53.2 Å². The fourth-order valence-corrected chi connectivity index (χ4v) is 5.75. The molecule has 1 heterocycles. The Bertz CT molecular complexity index is 1600. The zero-order chi connectivity index (χ0) is 33.4. The number of fused-ring (bicyclic) bond motifs is 1. The largest absolute Gasteiger partial charge is 0.463 e. The first kappa shape index (κ1) is 34.9. The molecule has 0 aliphatic carbocycles. The minimum Gasteiger partial charge on any atom is -0.463 e. The molecule has 2 amide bonds. The molecule has 246 valence electrons. The Labute approximate surface area is 276 Å². The molecule has 0 aliphatic heterocycles. The Kier molecular flexibility index (Phi) is 13.6. The van der Waals surface area contributed by atoms with Gasteiger partial charge in [-0.2, -0.15) is 0 Å². The zero-order valence-electron chi connectivity index (χ0n) is 26.8. The fraction of sp³-hybridized carbons (Fsp3) is 0.308. The van der Waals surface area contributed by atoms with E-state index in [0.717, 1.165) is 27.6 Å². The molecule has 1 aromatic heterocycles. The minimum atomic E-state index is -0.698. The number of hydrogen-bond acceptors (Lipinski definition) is 5. The van der Waals surface area contributed by atoms with Crippen molar-refractivity contribution in [2.24, 2.45) is 11.8 Å². The van der Waals surface area contributed by atoms with Crippen molar-refractivity contribution in [3.05, 3.63) is 133 Å². The molecule has 4 aromatic rings. The number of allylic oxidation sites excluding steroid dienone is 2. The summed E-state index contributed by atoms with van der Waals surface area (Å²) in [5.74, 6) is -2.14. The van der Waals surface area contributed by atoms with E-state index in [0.29, 0.717) is 25.7 Å². The van der Waals surface area contributed by atoms with Crippen LogP contribution < -0.4 is 10.6 Å². The van der Waals surface area contributed by atoms with Crippen LogP contribution in [0.3, 0.4) is 0 Å². The molecule has 0 spiro atoms. The first-order valence-corrected chi connectivity index (χ1v) is 16.1. The summed E-state index contributed by atoms with van der Waals surface area (Å²) in [7, 11) is 0. The molecule has 3 aromatic carbocycles. The molecule has 0 bridgehead atoms. The van der Waals surface area contributed by atoms with Crippen molar-refractivity contribution in [2.75, 3.05) is 13.2 Å². The molecule has 4 rings (SSSR count). The van der Waals surface area contributed by atoms with E-state index in [9.17, 15) is 19.5 Å². The second kappa shape index (κ2) is 18.3. The number of benzene rings is 3. The maximum atomic E-state index is 13.7. The van der Waals surface area contributed by atoms with Crippen molar-refractivity contribution < 1.29 is 24.2 Å². The summed E-state index contributed by atoms with van der Waals surface area (Å²) in [6.07, 6.45) is 7.28. The van der Waals surface area contributed by atoms with Crippen molar-refractivity contribution in [3.63, 3.8) is 0 Å². The van der Waals surface area contributed by atoms with Gasteiger partial charge in [0.15, 0.2) is 0 Å². The number of aliphatic hydroxyl groups is 1. The number of aromatic amines is 1. The molecule has 0 saturated heterocycles. The molecule has 47 heavy (non-hydrogen) atoms. The highest BCUT2D eigenvalue weighted by atomic mass is 16.5. The van der Waals surface area contributed by atoms with Crippen LogP contribution in [0.1, 0.15) is 36.0 Å². The maximum Gasteiger partial charge on any atom is 0.309 e. The quantitative estimate of drug-likeness (QED) is 0.0804. The third-order valence-corrected chi connectivity index (χ3v) is 8.19. The van der Waals surface area contributed by atoms with Crippen LogP contribution >= 0.6 is 0 Å². The third kappa shape index (κ3) is 10.8. The topological polar surface area (TPSA) is 121 Å². The van der Waals surface area contributed by atoms with Gasteiger partial charge in [0, 0.05) is 23.5 Å². The number of esters is 1. The number of nitrogens with one attached hydrogen (secondary N) is 3. The summed E-state index contributed by atoms with van der Waals surface area (Å²) in [4.78, 5) is 43.3. The number of amides is 2. The van der Waals surface area contributed by atoms with Crippen LogP contribution in [0.25, 0.3) is 10.9 Å². The van der Waals surface area contributed by atoms with E-state index in [-0.39, 0.29) is 43.8 Å². The number of carbonyl (C=O) groups is 3. The molecule has 0 radical (unpaired) electrons. The average Bonchev–Trinajstić information content (AvgIpc) is 3.49. The Balaban J connectivity index is 1.45. The lowest BCUT2D eigenvalue weighted by Gasteiger charge is -2.24. The summed E-state index contributed by atoms with van der Waals surface area (Å²) in [5.41, 5.74) is 3.95. The van der Waals surface area contributed by atoms with Crippen LogP contribution in [0, 0.1) is 11.8 Å². The number of aromatic nitrogens is 1. The van der Waals surface area contributed by atoms with E-state index in [4.69, 9.17) is 4.74 Å². The van der Waals surface area contributed by atoms with Crippen molar-refractivity contribution in [2.45, 2.75) is 50.6 Å². The van der Waals surface area contributed by atoms with Gasteiger partial charge < -0.3 is 25.5 Å². The molecule has 0 aliphatic rings. The van der Waals surface area contributed by atoms with Crippen molar-refractivity contribution in [1.82, 2.24) is 15.6 Å². The van der Waals surface area contributed by atoms with Gasteiger partial charge in [0.1, 0.15) is 6.61 Å². The van der Waals surface area contributed by atoms with E-state index in [1.807, 2.05) is 91.1 Å². The lowest BCUT2D eigenvalue weighted by atomic mass is 9.96. The van der Waals surface area contributed by atoms with Crippen LogP contribution in [0.4, 0.5) is 0 Å².